The van der Waals surface area contributed by atoms with E-state index in [2.05, 4.69) is 23.7 Å². The van der Waals surface area contributed by atoms with Crippen LogP contribution < -0.4 is 10.6 Å². The first kappa shape index (κ1) is 11.7. The first-order valence-electron chi connectivity index (χ1n) is 6.05. The molecule has 4 heteroatoms. The van der Waals surface area contributed by atoms with Gasteiger partial charge in [0.05, 0.1) is 5.69 Å². The van der Waals surface area contributed by atoms with E-state index in [1.54, 1.807) is 6.07 Å². The predicted octanol–water partition coefficient (Wildman–Crippen LogP) is 2.16. The normalized spacial score (nSPS) is 24.4. The van der Waals surface area contributed by atoms with Gasteiger partial charge in [-0.3, -0.25) is 0 Å². The molecule has 0 spiro atoms. The van der Waals surface area contributed by atoms with Crippen molar-refractivity contribution in [3.05, 3.63) is 17.8 Å². The van der Waals surface area contributed by atoms with Crippen LogP contribution in [-0.4, -0.2) is 17.6 Å². The van der Waals surface area contributed by atoms with Crippen LogP contribution in [0.15, 0.2) is 12.1 Å². The van der Waals surface area contributed by atoms with Gasteiger partial charge in [-0.05, 0) is 37.8 Å². The number of nitrogens with two attached hydrogens (primary N) is 1. The monoisotopic (exact) mass is 230 g/mol. The largest absolute Gasteiger partial charge is 0.396 e. The van der Waals surface area contributed by atoms with E-state index in [1.165, 1.54) is 12.8 Å². The van der Waals surface area contributed by atoms with Crippen LogP contribution in [0, 0.1) is 17.2 Å². The van der Waals surface area contributed by atoms with Crippen LogP contribution in [0.3, 0.4) is 0 Å². The summed E-state index contributed by atoms with van der Waals surface area (Å²) < 4.78 is 0. The molecule has 4 nitrogen and oxygen atoms in total. The third kappa shape index (κ3) is 2.33. The molecule has 2 unspecified atom stereocenters. The fraction of sp³-hybridized carbons (Fsp3) is 0.538. The van der Waals surface area contributed by atoms with Crippen molar-refractivity contribution in [3.63, 3.8) is 0 Å². The summed E-state index contributed by atoms with van der Waals surface area (Å²) in [6.07, 6.45) is 2.35. The van der Waals surface area contributed by atoms with E-state index in [1.807, 2.05) is 12.1 Å². The maximum absolute atomic E-state index is 8.94. The number of piperidine rings is 1. The summed E-state index contributed by atoms with van der Waals surface area (Å²) in [5.41, 5.74) is 6.46. The zero-order valence-corrected chi connectivity index (χ0v) is 10.3. The van der Waals surface area contributed by atoms with Crippen LogP contribution >= 0.6 is 0 Å². The summed E-state index contributed by atoms with van der Waals surface area (Å²) in [5, 5.41) is 8.94. The molecule has 2 rings (SSSR count). The van der Waals surface area contributed by atoms with Crippen molar-refractivity contribution in [3.8, 4) is 6.07 Å². The fourth-order valence-electron chi connectivity index (χ4n) is 2.46. The van der Waals surface area contributed by atoms with Crippen LogP contribution in [0.4, 0.5) is 11.5 Å². The van der Waals surface area contributed by atoms with E-state index < -0.39 is 0 Å². The van der Waals surface area contributed by atoms with Gasteiger partial charge in [-0.15, -0.1) is 0 Å². The number of hydrogen-bond donors (Lipinski definition) is 1. The van der Waals surface area contributed by atoms with Gasteiger partial charge < -0.3 is 10.6 Å². The third-order valence-electron chi connectivity index (χ3n) is 3.45. The Morgan fingerprint density at radius 2 is 2.24 bits per heavy atom. The van der Waals surface area contributed by atoms with Crippen molar-refractivity contribution in [1.29, 1.82) is 5.26 Å². The predicted molar refractivity (Wildman–Crippen MR) is 68.6 cm³/mol. The second-order valence-corrected chi connectivity index (χ2v) is 4.89. The van der Waals surface area contributed by atoms with Crippen LogP contribution in [0.5, 0.6) is 0 Å². The Labute approximate surface area is 102 Å². The number of nitrogen functional groups attached to an aromatic ring is 1. The number of anilines is 2. The molecule has 2 heterocycles. The Balaban J connectivity index is 2.26. The fourth-order valence-corrected chi connectivity index (χ4v) is 2.46. The van der Waals surface area contributed by atoms with E-state index in [-0.39, 0.29) is 0 Å². The number of rotatable bonds is 1. The highest BCUT2D eigenvalue weighted by atomic mass is 15.2. The van der Waals surface area contributed by atoms with Crippen molar-refractivity contribution in [1.82, 2.24) is 4.98 Å². The molecule has 0 saturated carbocycles. The van der Waals surface area contributed by atoms with Gasteiger partial charge >= 0.3 is 0 Å². The van der Waals surface area contributed by atoms with Crippen molar-refractivity contribution < 1.29 is 0 Å². The molecule has 90 valence electrons. The molecule has 0 aliphatic carbocycles. The van der Waals surface area contributed by atoms with E-state index in [9.17, 15) is 0 Å². The molecule has 0 bridgehead atoms. The highest BCUT2D eigenvalue weighted by Gasteiger charge is 2.24. The third-order valence-corrected chi connectivity index (χ3v) is 3.45. The Bertz CT molecular complexity index is 449. The molecule has 1 aromatic rings. The van der Waals surface area contributed by atoms with Gasteiger partial charge in [0, 0.05) is 12.6 Å². The zero-order chi connectivity index (χ0) is 12.4. The zero-order valence-electron chi connectivity index (χ0n) is 10.3. The average molecular weight is 230 g/mol. The van der Waals surface area contributed by atoms with E-state index in [4.69, 9.17) is 11.0 Å². The minimum atomic E-state index is 0.327. The maximum atomic E-state index is 8.94. The van der Waals surface area contributed by atoms with E-state index in [0.29, 0.717) is 17.4 Å². The topological polar surface area (TPSA) is 65.9 Å². The van der Waals surface area contributed by atoms with Gasteiger partial charge in [-0.1, -0.05) is 6.92 Å². The summed E-state index contributed by atoms with van der Waals surface area (Å²) in [6.45, 7) is 5.49. The maximum Gasteiger partial charge on any atom is 0.165 e. The summed E-state index contributed by atoms with van der Waals surface area (Å²) in [4.78, 5) is 6.59. The van der Waals surface area contributed by atoms with E-state index >= 15 is 0 Å². The molecule has 17 heavy (non-hydrogen) atoms. The van der Waals surface area contributed by atoms with Crippen molar-refractivity contribution >= 4 is 11.5 Å². The molecule has 2 atom stereocenters. The molecule has 0 amide bonds. The summed E-state index contributed by atoms with van der Waals surface area (Å²) in [7, 11) is 0. The van der Waals surface area contributed by atoms with Gasteiger partial charge in [0.25, 0.3) is 0 Å². The van der Waals surface area contributed by atoms with Gasteiger partial charge in [-0.25, -0.2) is 4.98 Å². The van der Waals surface area contributed by atoms with Crippen LogP contribution in [0.2, 0.25) is 0 Å². The highest BCUT2D eigenvalue weighted by molar-refractivity contribution is 5.55. The standard InChI is InChI=1S/C13H18N4/c1-9-5-6-17(10(2)7-9)13-4-3-11(15)12(8-14)16-13/h3-4,9-10H,5-7,15H2,1-2H3. The number of nitrogens with zero attached hydrogens (tertiary/aromatic N) is 3. The molecular formula is C13H18N4. The lowest BCUT2D eigenvalue weighted by molar-refractivity contribution is 0.376. The summed E-state index contributed by atoms with van der Waals surface area (Å²) in [6, 6.07) is 6.18. The highest BCUT2D eigenvalue weighted by Crippen LogP contribution is 2.27. The minimum Gasteiger partial charge on any atom is -0.396 e. The minimum absolute atomic E-state index is 0.327. The van der Waals surface area contributed by atoms with Crippen LogP contribution in [-0.2, 0) is 0 Å². The van der Waals surface area contributed by atoms with Crippen LogP contribution in [0.25, 0.3) is 0 Å². The van der Waals surface area contributed by atoms with Crippen LogP contribution in [0.1, 0.15) is 32.4 Å². The average Bonchev–Trinajstić information content (AvgIpc) is 2.30. The smallest absolute Gasteiger partial charge is 0.165 e. The Morgan fingerprint density at radius 1 is 1.47 bits per heavy atom. The van der Waals surface area contributed by atoms with Gasteiger partial charge in [0.1, 0.15) is 11.9 Å². The molecule has 1 aliphatic heterocycles. The Hall–Kier alpha value is -1.76. The molecule has 1 aliphatic rings. The number of hydrogen-bond acceptors (Lipinski definition) is 4. The van der Waals surface area contributed by atoms with Gasteiger partial charge in [0.15, 0.2) is 5.69 Å². The molecule has 0 aromatic carbocycles. The molecular weight excluding hydrogens is 212 g/mol. The number of nitriles is 1. The quantitative estimate of drug-likeness (QED) is 0.802. The lowest BCUT2D eigenvalue weighted by atomic mass is 9.93. The first-order valence-corrected chi connectivity index (χ1v) is 6.05. The first-order chi connectivity index (χ1) is 8.11. The van der Waals surface area contributed by atoms with Gasteiger partial charge in [0.2, 0.25) is 0 Å². The van der Waals surface area contributed by atoms with E-state index in [0.717, 1.165) is 18.3 Å². The second-order valence-electron chi connectivity index (χ2n) is 4.89. The molecule has 1 saturated heterocycles. The van der Waals surface area contributed by atoms with Crippen molar-refractivity contribution in [2.45, 2.75) is 32.7 Å². The molecule has 2 N–H and O–H groups in total. The van der Waals surface area contributed by atoms with Crippen molar-refractivity contribution in [2.75, 3.05) is 17.2 Å². The van der Waals surface area contributed by atoms with Gasteiger partial charge in [-0.2, -0.15) is 5.26 Å². The SMILES string of the molecule is CC1CCN(c2ccc(N)c(C#N)n2)C(C)C1. The second kappa shape index (κ2) is 4.62. The summed E-state index contributed by atoms with van der Waals surface area (Å²) >= 11 is 0. The molecule has 1 fully saturated rings. The van der Waals surface area contributed by atoms with Crippen molar-refractivity contribution in [2.24, 2.45) is 5.92 Å². The summed E-state index contributed by atoms with van der Waals surface area (Å²) in [5.74, 6) is 1.64. The lowest BCUT2D eigenvalue weighted by Crippen LogP contribution is -2.40. The lowest BCUT2D eigenvalue weighted by Gasteiger charge is -2.37. The number of aromatic nitrogens is 1. The molecule has 0 radical (unpaired) electrons. The Kier molecular flexibility index (Phi) is 3.19. The number of pyridine rings is 1. The Morgan fingerprint density at radius 3 is 2.88 bits per heavy atom. The molecule has 1 aromatic heterocycles.